The highest BCUT2D eigenvalue weighted by molar-refractivity contribution is 6.08. The smallest absolute Gasteiger partial charge is 0.327 e. The molecule has 0 bridgehead atoms. The van der Waals surface area contributed by atoms with E-state index in [1.807, 2.05) is 116 Å². The molecule has 1 aliphatic rings. The third-order valence-electron chi connectivity index (χ3n) is 7.72. The van der Waals surface area contributed by atoms with Crippen LogP contribution in [0.1, 0.15) is 61.0 Å². The van der Waals surface area contributed by atoms with Crippen molar-refractivity contribution in [2.24, 2.45) is 0 Å². The first-order valence-corrected chi connectivity index (χ1v) is 14.9. The second-order valence-electron chi connectivity index (χ2n) is 10.8. The van der Waals surface area contributed by atoms with E-state index in [-0.39, 0.29) is 17.9 Å². The lowest BCUT2D eigenvalue weighted by Crippen LogP contribution is -2.42. The Kier molecular flexibility index (Phi) is 10.0. The van der Waals surface area contributed by atoms with Gasteiger partial charge >= 0.3 is 5.97 Å². The van der Waals surface area contributed by atoms with Gasteiger partial charge in [0.1, 0.15) is 6.04 Å². The predicted molar refractivity (Wildman–Crippen MR) is 170 cm³/mol. The molecule has 0 saturated heterocycles. The van der Waals surface area contributed by atoms with Gasteiger partial charge in [-0.2, -0.15) is 0 Å². The van der Waals surface area contributed by atoms with E-state index in [2.05, 4.69) is 16.0 Å². The molecular weight excluding hydrogens is 522 g/mol. The maximum absolute atomic E-state index is 13.1. The summed E-state index contributed by atoms with van der Waals surface area (Å²) in [5.74, 6) is -0.340. The van der Waals surface area contributed by atoms with Crippen LogP contribution in [-0.4, -0.2) is 30.6 Å². The number of carbonyl (C=O) groups excluding carboxylic acids is 2. The predicted octanol–water partition coefficient (Wildman–Crippen LogP) is 7.61. The second-order valence-corrected chi connectivity index (χ2v) is 10.8. The van der Waals surface area contributed by atoms with Gasteiger partial charge in [-0.3, -0.25) is 10.1 Å². The summed E-state index contributed by atoms with van der Waals surface area (Å²) >= 11 is 0. The fourth-order valence-electron chi connectivity index (χ4n) is 5.51. The van der Waals surface area contributed by atoms with Gasteiger partial charge in [0, 0.05) is 29.0 Å². The van der Waals surface area contributed by atoms with Gasteiger partial charge in [0.2, 0.25) is 0 Å². The van der Waals surface area contributed by atoms with Crippen LogP contribution < -0.4 is 16.0 Å². The van der Waals surface area contributed by atoms with Crippen LogP contribution in [0.4, 0.5) is 11.4 Å². The molecule has 1 unspecified atom stereocenters. The quantitative estimate of drug-likeness (QED) is 0.164. The first kappa shape index (κ1) is 29.1. The molecule has 1 atom stereocenters. The van der Waals surface area contributed by atoms with Gasteiger partial charge in [-0.25, -0.2) is 4.79 Å². The Morgan fingerprint density at radius 1 is 0.738 bits per heavy atom. The lowest BCUT2D eigenvalue weighted by atomic mass is 9.90. The van der Waals surface area contributed by atoms with Gasteiger partial charge in [0.25, 0.3) is 5.91 Å². The Labute approximate surface area is 248 Å². The number of hydrogen-bond donors (Lipinski definition) is 3. The van der Waals surface area contributed by atoms with E-state index in [4.69, 9.17) is 4.74 Å². The number of anilines is 2. The number of amides is 1. The molecule has 0 aliphatic heterocycles. The third kappa shape index (κ3) is 7.65. The fraction of sp³-hybridized carbons (Fsp3) is 0.278. The van der Waals surface area contributed by atoms with E-state index in [1.54, 1.807) is 0 Å². The van der Waals surface area contributed by atoms with Crippen LogP contribution in [0.25, 0.3) is 11.1 Å². The molecule has 4 aromatic rings. The first-order valence-electron chi connectivity index (χ1n) is 14.9. The van der Waals surface area contributed by atoms with Crippen molar-refractivity contribution in [2.45, 2.75) is 57.2 Å². The molecule has 6 nitrogen and oxygen atoms in total. The summed E-state index contributed by atoms with van der Waals surface area (Å²) in [6.45, 7) is 2.44. The topological polar surface area (TPSA) is 79.5 Å². The molecule has 42 heavy (non-hydrogen) atoms. The van der Waals surface area contributed by atoms with Gasteiger partial charge in [-0.05, 0) is 79.1 Å². The maximum atomic E-state index is 13.1. The highest BCUT2D eigenvalue weighted by Gasteiger charge is 2.28. The Morgan fingerprint density at radius 2 is 1.33 bits per heavy atom. The van der Waals surface area contributed by atoms with E-state index < -0.39 is 6.04 Å². The van der Waals surface area contributed by atoms with Crippen LogP contribution in [-0.2, 0) is 9.53 Å². The summed E-state index contributed by atoms with van der Waals surface area (Å²) in [5.41, 5.74) is 5.29. The molecule has 1 fully saturated rings. The molecule has 216 valence electrons. The van der Waals surface area contributed by atoms with Crippen molar-refractivity contribution in [3.8, 4) is 11.1 Å². The number of esters is 1. The number of rotatable bonds is 11. The van der Waals surface area contributed by atoms with E-state index in [0.717, 1.165) is 60.2 Å². The summed E-state index contributed by atoms with van der Waals surface area (Å²) in [5, 5.41) is 10.3. The third-order valence-corrected chi connectivity index (χ3v) is 7.72. The monoisotopic (exact) mass is 561 g/mol. The number of hydrogen-bond acceptors (Lipinski definition) is 5. The zero-order valence-corrected chi connectivity index (χ0v) is 24.1. The van der Waals surface area contributed by atoms with Gasteiger partial charge < -0.3 is 15.4 Å². The summed E-state index contributed by atoms with van der Waals surface area (Å²) in [6, 6.07) is 35.5. The largest absolute Gasteiger partial charge is 0.464 e. The van der Waals surface area contributed by atoms with E-state index in [9.17, 15) is 9.59 Å². The lowest BCUT2D eigenvalue weighted by Gasteiger charge is -2.32. The van der Waals surface area contributed by atoms with Crippen LogP contribution in [0.3, 0.4) is 0 Å². The normalized spacial score (nSPS) is 17.2. The highest BCUT2D eigenvalue weighted by atomic mass is 16.5. The van der Waals surface area contributed by atoms with Gasteiger partial charge in [0.15, 0.2) is 0 Å². The molecule has 0 heterocycles. The number of nitrogens with one attached hydrogen (secondary N) is 3. The average molecular weight is 562 g/mol. The van der Waals surface area contributed by atoms with Crippen molar-refractivity contribution in [1.29, 1.82) is 0 Å². The molecule has 0 radical (unpaired) electrons. The molecule has 1 aliphatic carbocycles. The van der Waals surface area contributed by atoms with Gasteiger partial charge in [0.05, 0.1) is 6.61 Å². The maximum Gasteiger partial charge on any atom is 0.327 e. The van der Waals surface area contributed by atoms with Crippen LogP contribution in [0.5, 0.6) is 0 Å². The van der Waals surface area contributed by atoms with E-state index in [0.29, 0.717) is 18.2 Å². The van der Waals surface area contributed by atoms with Crippen molar-refractivity contribution in [1.82, 2.24) is 5.32 Å². The summed E-state index contributed by atoms with van der Waals surface area (Å²) in [4.78, 5) is 26.0. The fourth-order valence-corrected chi connectivity index (χ4v) is 5.51. The molecule has 6 heteroatoms. The van der Waals surface area contributed by atoms with Crippen molar-refractivity contribution in [3.05, 3.63) is 120 Å². The van der Waals surface area contributed by atoms with Crippen molar-refractivity contribution >= 4 is 23.3 Å². The summed E-state index contributed by atoms with van der Waals surface area (Å²) in [6.07, 6.45) is 4.74. The number of ether oxygens (including phenoxy) is 1. The van der Waals surface area contributed by atoms with Gasteiger partial charge in [-0.1, -0.05) is 85.8 Å². The van der Waals surface area contributed by atoms with E-state index >= 15 is 0 Å². The molecule has 4 aromatic carbocycles. The molecule has 1 saturated carbocycles. The van der Waals surface area contributed by atoms with Gasteiger partial charge in [-0.15, -0.1) is 0 Å². The first-order chi connectivity index (χ1) is 20.6. The van der Waals surface area contributed by atoms with Crippen LogP contribution in [0.15, 0.2) is 109 Å². The molecule has 5 rings (SSSR count). The lowest BCUT2D eigenvalue weighted by molar-refractivity contribution is -0.146. The Balaban J connectivity index is 1.14. The van der Waals surface area contributed by atoms with Crippen molar-refractivity contribution in [3.63, 3.8) is 0 Å². The number of carbonyl (C=O) groups is 2. The zero-order valence-electron chi connectivity index (χ0n) is 24.1. The van der Waals surface area contributed by atoms with Crippen molar-refractivity contribution < 1.29 is 14.3 Å². The van der Waals surface area contributed by atoms with Crippen molar-refractivity contribution in [2.75, 3.05) is 17.2 Å². The Hall–Kier alpha value is -4.42. The molecule has 0 spiro atoms. The van der Waals surface area contributed by atoms with Crippen LogP contribution in [0, 0.1) is 0 Å². The second kappa shape index (κ2) is 14.5. The number of benzene rings is 4. The van der Waals surface area contributed by atoms with E-state index in [1.165, 1.54) is 0 Å². The minimum atomic E-state index is -0.449. The summed E-state index contributed by atoms with van der Waals surface area (Å²) < 4.78 is 5.49. The molecule has 1 amide bonds. The Bertz CT molecular complexity index is 1430. The standard InChI is InChI=1S/C36H39N3O3/c1-2-25-42-36(41)34(27-13-7-4-8-14-27)38-30-21-17-28(18-22-30)37-29-19-23-31(24-20-29)39-35(40)33-16-10-9-15-32(33)26-11-5-3-6-12-26/h3-16,19-20,23-24,28,30,34,37-38H,2,17-18,21-22,25H2,1H3,(H,39,40). The zero-order chi connectivity index (χ0) is 29.1. The van der Waals surface area contributed by atoms with Crippen LogP contribution >= 0.6 is 0 Å². The molecule has 3 N–H and O–H groups in total. The van der Waals surface area contributed by atoms with Crippen LogP contribution in [0.2, 0.25) is 0 Å². The minimum absolute atomic E-state index is 0.131. The minimum Gasteiger partial charge on any atom is -0.464 e. The molecule has 0 aromatic heterocycles. The average Bonchev–Trinajstić information content (AvgIpc) is 3.05. The SMILES string of the molecule is CCCOC(=O)C(NC1CCC(Nc2ccc(NC(=O)c3ccccc3-c3ccccc3)cc2)CC1)c1ccccc1. The highest BCUT2D eigenvalue weighted by Crippen LogP contribution is 2.27. The Morgan fingerprint density at radius 3 is 2.02 bits per heavy atom. The summed E-state index contributed by atoms with van der Waals surface area (Å²) in [7, 11) is 0. The molecular formula is C36H39N3O3.